The number of ether oxygens (including phenoxy) is 7. The maximum absolute atomic E-state index is 12.5. The molecule has 0 unspecified atom stereocenters. The summed E-state index contributed by atoms with van der Waals surface area (Å²) in [6.07, 6.45) is 4.49. The quantitative estimate of drug-likeness (QED) is 0.0460. The standard InChI is InChI=1S/C30H43N3O5Si.C25H33N3O5Si/c1-9-24-26-28(31-19-23(32-26)18-25(34)38-29(2,3)4)33(20-35-16-17-39(6,7)8)27(24)21-10-12-22(13-11-21)30(5)36-14-15-37-30;1-6-19-21-23(26-15-20(27-21)24(29)30)28(16-31-13-14-34(3,4)5)22(19)17-7-9-18(10-8-17)25(2)32-11-12-33-25/h10-13,19H,9,14-18,20H2,1-8H3;7-10,15H,6,11-14,16H2,1-5H3,(H,29,30). The summed E-state index contributed by atoms with van der Waals surface area (Å²) in [6, 6.07) is 18.6. The van der Waals surface area contributed by atoms with Crippen LogP contribution in [-0.4, -0.2) is 108 Å². The Labute approximate surface area is 432 Å². The van der Waals surface area contributed by atoms with Gasteiger partial charge in [0.25, 0.3) is 0 Å². The first kappa shape index (κ1) is 55.6. The number of hydrogen-bond acceptors (Lipinski definition) is 13. The highest BCUT2D eigenvalue weighted by molar-refractivity contribution is 6.76. The fraction of sp³-hybridized carbons (Fsp3) is 0.527. The Morgan fingerprint density at radius 2 is 1.07 bits per heavy atom. The molecule has 2 aliphatic heterocycles. The molecule has 0 amide bonds. The lowest BCUT2D eigenvalue weighted by atomic mass is 10.0. The number of carboxylic acid groups (broad SMARTS) is 1. The van der Waals surface area contributed by atoms with E-state index in [2.05, 4.69) is 85.0 Å². The first-order valence-corrected chi connectivity index (χ1v) is 33.0. The Morgan fingerprint density at radius 3 is 1.45 bits per heavy atom. The Morgan fingerprint density at radius 1 is 0.658 bits per heavy atom. The van der Waals surface area contributed by atoms with Crippen molar-refractivity contribution in [2.45, 2.75) is 150 Å². The van der Waals surface area contributed by atoms with Gasteiger partial charge in [0.2, 0.25) is 0 Å². The second-order valence-corrected chi connectivity index (χ2v) is 33.6. The van der Waals surface area contributed by atoms with Crippen molar-refractivity contribution in [2.24, 2.45) is 0 Å². The van der Waals surface area contributed by atoms with Crippen LogP contribution in [0.25, 0.3) is 44.8 Å². The van der Waals surface area contributed by atoms with Crippen molar-refractivity contribution < 1.29 is 47.9 Å². The molecule has 394 valence electrons. The third kappa shape index (κ3) is 13.6. The van der Waals surface area contributed by atoms with E-state index in [4.69, 9.17) is 43.1 Å². The van der Waals surface area contributed by atoms with Gasteiger partial charge in [-0.3, -0.25) is 13.9 Å². The largest absolute Gasteiger partial charge is 0.476 e. The second-order valence-electron chi connectivity index (χ2n) is 22.4. The molecule has 6 heterocycles. The molecule has 0 aliphatic carbocycles. The van der Waals surface area contributed by atoms with Gasteiger partial charge in [-0.15, -0.1) is 0 Å². The number of aryl methyl sites for hydroxylation is 2. The van der Waals surface area contributed by atoms with Crippen molar-refractivity contribution in [3.63, 3.8) is 0 Å². The minimum atomic E-state index is -1.23. The van der Waals surface area contributed by atoms with E-state index in [1.54, 1.807) is 6.20 Å². The molecule has 6 aromatic rings. The van der Waals surface area contributed by atoms with Crippen LogP contribution >= 0.6 is 0 Å². The molecule has 2 fully saturated rings. The summed E-state index contributed by atoms with van der Waals surface area (Å²) in [4.78, 5) is 42.7. The molecule has 18 heteroatoms. The minimum absolute atomic E-state index is 0.0654. The van der Waals surface area contributed by atoms with Gasteiger partial charge in [-0.05, 0) is 70.7 Å². The van der Waals surface area contributed by atoms with E-state index in [1.165, 1.54) is 6.20 Å². The predicted octanol–water partition coefficient (Wildman–Crippen LogP) is 11.0. The summed E-state index contributed by atoms with van der Waals surface area (Å²) in [5.74, 6) is -2.87. The van der Waals surface area contributed by atoms with E-state index in [0.29, 0.717) is 76.4 Å². The lowest BCUT2D eigenvalue weighted by molar-refractivity contribution is -0.154. The van der Waals surface area contributed by atoms with Crippen molar-refractivity contribution in [1.29, 1.82) is 0 Å². The van der Waals surface area contributed by atoms with E-state index < -0.39 is 39.3 Å². The van der Waals surface area contributed by atoms with Gasteiger partial charge >= 0.3 is 11.9 Å². The van der Waals surface area contributed by atoms with E-state index in [1.807, 2.05) is 70.4 Å². The Balaban J connectivity index is 0.000000216. The summed E-state index contributed by atoms with van der Waals surface area (Å²) >= 11 is 0. The van der Waals surface area contributed by atoms with Gasteiger partial charge in [-0.1, -0.05) is 102 Å². The average molecular weight is 1040 g/mol. The smallest absolute Gasteiger partial charge is 0.356 e. The molecule has 2 aromatic carbocycles. The van der Waals surface area contributed by atoms with Crippen molar-refractivity contribution in [3.05, 3.63) is 94.6 Å². The van der Waals surface area contributed by atoms with Crippen LogP contribution in [-0.2, 0) is 82.3 Å². The Bertz CT molecular complexity index is 2870. The average Bonchev–Trinajstić information content (AvgIpc) is 4.12. The molecule has 4 aromatic heterocycles. The van der Waals surface area contributed by atoms with E-state index in [9.17, 15) is 14.7 Å². The van der Waals surface area contributed by atoms with Crippen LogP contribution in [0.3, 0.4) is 0 Å². The van der Waals surface area contributed by atoms with Gasteiger partial charge in [0.05, 0.1) is 62.3 Å². The number of hydrogen-bond donors (Lipinski definition) is 1. The highest BCUT2D eigenvalue weighted by Gasteiger charge is 2.35. The monoisotopic (exact) mass is 1040 g/mol. The molecule has 2 aliphatic rings. The van der Waals surface area contributed by atoms with Crippen LogP contribution in [0.4, 0.5) is 0 Å². The van der Waals surface area contributed by atoms with Crippen LogP contribution in [0, 0.1) is 0 Å². The van der Waals surface area contributed by atoms with E-state index in [0.717, 1.165) is 74.4 Å². The number of aromatic nitrogens is 6. The molecule has 0 saturated carbocycles. The zero-order valence-corrected chi connectivity index (χ0v) is 47.3. The van der Waals surface area contributed by atoms with Gasteiger partial charge in [-0.2, -0.15) is 0 Å². The van der Waals surface area contributed by atoms with Crippen molar-refractivity contribution >= 4 is 50.4 Å². The molecule has 1 N–H and O–H groups in total. The highest BCUT2D eigenvalue weighted by atomic mass is 28.3. The fourth-order valence-electron chi connectivity index (χ4n) is 8.95. The minimum Gasteiger partial charge on any atom is -0.476 e. The SMILES string of the molecule is CCc1c(-c2ccc(C3(C)OCCO3)cc2)n(COCC[Si](C)(C)C)c2ncc(C(=O)O)nc12.CCc1c(-c2ccc(C3(C)OCCO3)cc2)n(COCC[Si](C)(C)C)c2ncc(CC(=O)OC(C)(C)C)nc12. The summed E-state index contributed by atoms with van der Waals surface area (Å²) < 4.78 is 45.2. The topological polar surface area (TPSA) is 180 Å². The third-order valence-electron chi connectivity index (χ3n) is 12.9. The second kappa shape index (κ2) is 22.7. The summed E-state index contributed by atoms with van der Waals surface area (Å²) in [5.41, 5.74) is 10.7. The normalized spacial score (nSPS) is 15.7. The van der Waals surface area contributed by atoms with Gasteiger partial charge < -0.3 is 38.3 Å². The molecule has 16 nitrogen and oxygen atoms in total. The number of nitrogens with zero attached hydrogens (tertiary/aromatic N) is 6. The molecule has 8 rings (SSSR count). The molecule has 0 radical (unpaired) electrons. The van der Waals surface area contributed by atoms with Crippen LogP contribution in [0.1, 0.15) is 86.9 Å². The molecule has 73 heavy (non-hydrogen) atoms. The molecular weight excluding hydrogens is 961 g/mol. The summed E-state index contributed by atoms with van der Waals surface area (Å²) in [7, 11) is -2.45. The van der Waals surface area contributed by atoms with Crippen molar-refractivity contribution in [2.75, 3.05) is 39.6 Å². The molecule has 0 spiro atoms. The maximum atomic E-state index is 12.5. The number of carboxylic acids is 1. The zero-order chi connectivity index (χ0) is 52.9. The molecule has 2 saturated heterocycles. The van der Waals surface area contributed by atoms with Crippen molar-refractivity contribution in [3.8, 4) is 22.5 Å². The number of rotatable bonds is 19. The van der Waals surface area contributed by atoms with Gasteiger partial charge in [-0.25, -0.2) is 24.7 Å². The van der Waals surface area contributed by atoms with Crippen LogP contribution in [0.15, 0.2) is 60.9 Å². The maximum Gasteiger partial charge on any atom is 0.356 e. The molecule has 0 atom stereocenters. The van der Waals surface area contributed by atoms with E-state index in [-0.39, 0.29) is 18.1 Å². The van der Waals surface area contributed by atoms with E-state index >= 15 is 0 Å². The van der Waals surface area contributed by atoms with Crippen LogP contribution < -0.4 is 0 Å². The van der Waals surface area contributed by atoms with Crippen LogP contribution in [0.5, 0.6) is 0 Å². The van der Waals surface area contributed by atoms with Gasteiger partial charge in [0, 0.05) is 51.6 Å². The molecular formula is C55H76N6O10Si2. The molecule has 0 bridgehead atoms. The number of benzene rings is 2. The first-order chi connectivity index (χ1) is 34.4. The number of carbonyl (C=O) groups excluding carboxylic acids is 1. The summed E-state index contributed by atoms with van der Waals surface area (Å²) in [6.45, 7) is 32.0. The summed E-state index contributed by atoms with van der Waals surface area (Å²) in [5, 5.41) is 9.46. The zero-order valence-electron chi connectivity index (χ0n) is 45.3. The number of carbonyl (C=O) groups is 2. The third-order valence-corrected chi connectivity index (χ3v) is 16.3. The number of aromatic carboxylic acids is 1. The Kier molecular flexibility index (Phi) is 17.3. The number of esters is 1. The lowest BCUT2D eigenvalue weighted by Crippen LogP contribution is -2.25. The first-order valence-electron chi connectivity index (χ1n) is 25.6. The lowest BCUT2D eigenvalue weighted by Gasteiger charge is -2.23. The number of fused-ring (bicyclic) bond motifs is 2. The van der Waals surface area contributed by atoms with Gasteiger partial charge in [0.15, 0.2) is 28.6 Å². The fourth-order valence-corrected chi connectivity index (χ4v) is 10.5. The van der Waals surface area contributed by atoms with Crippen LogP contribution in [0.2, 0.25) is 51.4 Å². The predicted molar refractivity (Wildman–Crippen MR) is 288 cm³/mol. The Hall–Kier alpha value is -5.19. The van der Waals surface area contributed by atoms with Gasteiger partial charge in [0.1, 0.15) is 30.1 Å². The van der Waals surface area contributed by atoms with Crippen molar-refractivity contribution in [1.82, 2.24) is 29.1 Å². The highest BCUT2D eigenvalue weighted by Crippen LogP contribution is 2.38.